The minimum atomic E-state index is -0.275. The van der Waals surface area contributed by atoms with Crippen LogP contribution < -0.4 is 5.73 Å². The van der Waals surface area contributed by atoms with Gasteiger partial charge in [0.25, 0.3) is 0 Å². The van der Waals surface area contributed by atoms with Gasteiger partial charge < -0.3 is 15.5 Å². The van der Waals surface area contributed by atoms with Gasteiger partial charge in [0, 0.05) is 17.7 Å². The Morgan fingerprint density at radius 2 is 2.00 bits per heavy atom. The van der Waals surface area contributed by atoms with Gasteiger partial charge in [-0.25, -0.2) is 4.98 Å². The zero-order chi connectivity index (χ0) is 13.5. The van der Waals surface area contributed by atoms with Crippen molar-refractivity contribution < 1.29 is 4.74 Å². The summed E-state index contributed by atoms with van der Waals surface area (Å²) >= 11 is 0. The van der Waals surface area contributed by atoms with Crippen molar-refractivity contribution in [1.29, 1.82) is 0 Å². The van der Waals surface area contributed by atoms with Gasteiger partial charge in [-0.1, -0.05) is 36.8 Å². The maximum Gasteiger partial charge on any atom is 0.111 e. The van der Waals surface area contributed by atoms with Crippen LogP contribution in [0.2, 0.25) is 0 Å². The van der Waals surface area contributed by atoms with Gasteiger partial charge in [0.1, 0.15) is 5.82 Å². The first kappa shape index (κ1) is 12.4. The van der Waals surface area contributed by atoms with E-state index in [1.807, 2.05) is 6.20 Å². The molecule has 100 valence electrons. The number of aryl methyl sites for hydroxylation is 1. The van der Waals surface area contributed by atoms with Crippen LogP contribution >= 0.6 is 0 Å². The first-order valence-electron chi connectivity index (χ1n) is 6.57. The van der Waals surface area contributed by atoms with Gasteiger partial charge in [-0.2, -0.15) is 0 Å². The lowest BCUT2D eigenvalue weighted by atomic mass is 9.84. The van der Waals surface area contributed by atoms with Crippen LogP contribution in [-0.4, -0.2) is 28.7 Å². The second-order valence-corrected chi connectivity index (χ2v) is 5.48. The predicted octanol–water partition coefficient (Wildman–Crippen LogP) is 2.22. The molecule has 1 saturated heterocycles. The molecular weight excluding hydrogens is 238 g/mol. The largest absolute Gasteiger partial charge is 0.377 e. The average Bonchev–Trinajstić information content (AvgIpc) is 2.85. The number of nitrogens with zero attached hydrogens (tertiary/aromatic N) is 1. The fourth-order valence-electron chi connectivity index (χ4n) is 2.29. The lowest BCUT2D eigenvalue weighted by Crippen LogP contribution is -2.60. The van der Waals surface area contributed by atoms with Crippen LogP contribution in [-0.2, 0) is 4.74 Å². The number of hydrogen-bond donors (Lipinski definition) is 2. The molecule has 3 N–H and O–H groups in total. The summed E-state index contributed by atoms with van der Waals surface area (Å²) in [5.74, 6) is 1.10. The van der Waals surface area contributed by atoms with Gasteiger partial charge in [0.15, 0.2) is 0 Å². The van der Waals surface area contributed by atoms with E-state index >= 15 is 0 Å². The number of aromatic amines is 1. The summed E-state index contributed by atoms with van der Waals surface area (Å²) in [6.07, 6.45) is 1.94. The molecule has 0 aliphatic carbocycles. The van der Waals surface area contributed by atoms with Gasteiger partial charge in [0.05, 0.1) is 24.4 Å². The van der Waals surface area contributed by atoms with E-state index < -0.39 is 0 Å². The Balaban J connectivity index is 1.85. The van der Waals surface area contributed by atoms with Crippen molar-refractivity contribution in [2.75, 3.05) is 13.2 Å². The molecule has 0 amide bonds. The summed E-state index contributed by atoms with van der Waals surface area (Å²) < 4.78 is 5.22. The molecule has 1 atom stereocenters. The van der Waals surface area contributed by atoms with E-state index in [-0.39, 0.29) is 11.5 Å². The molecule has 3 rings (SSSR count). The summed E-state index contributed by atoms with van der Waals surface area (Å²) in [7, 11) is 0. The maximum absolute atomic E-state index is 6.26. The fraction of sp³-hybridized carbons (Fsp3) is 0.400. The zero-order valence-corrected chi connectivity index (χ0v) is 11.3. The number of aromatic nitrogens is 2. The number of hydrogen-bond acceptors (Lipinski definition) is 3. The first-order valence-corrected chi connectivity index (χ1v) is 6.57. The maximum atomic E-state index is 6.26. The van der Waals surface area contributed by atoms with Crippen molar-refractivity contribution in [2.45, 2.75) is 25.3 Å². The van der Waals surface area contributed by atoms with E-state index in [0.29, 0.717) is 13.2 Å². The molecule has 0 unspecified atom stereocenters. The molecule has 4 nitrogen and oxygen atoms in total. The lowest BCUT2D eigenvalue weighted by molar-refractivity contribution is -0.0655. The molecule has 2 aromatic rings. The molecule has 1 fully saturated rings. The molecule has 0 radical (unpaired) electrons. The van der Waals surface area contributed by atoms with Gasteiger partial charge in [-0.3, -0.25) is 0 Å². The molecular formula is C15H19N3O. The third kappa shape index (κ3) is 2.17. The van der Waals surface area contributed by atoms with Crippen LogP contribution in [0.5, 0.6) is 0 Å². The van der Waals surface area contributed by atoms with Crippen molar-refractivity contribution >= 4 is 0 Å². The number of nitrogens with two attached hydrogens (primary N) is 1. The average molecular weight is 257 g/mol. The van der Waals surface area contributed by atoms with E-state index in [2.05, 4.69) is 48.1 Å². The minimum absolute atomic E-state index is 0.167. The molecule has 1 aromatic heterocycles. The third-order valence-electron chi connectivity index (χ3n) is 3.96. The molecule has 4 heteroatoms. The van der Waals surface area contributed by atoms with E-state index in [4.69, 9.17) is 10.5 Å². The van der Waals surface area contributed by atoms with Crippen LogP contribution in [0.3, 0.4) is 0 Å². The summed E-state index contributed by atoms with van der Waals surface area (Å²) in [6.45, 7) is 5.39. The van der Waals surface area contributed by atoms with E-state index in [1.54, 1.807) is 0 Å². The normalized spacial score (nSPS) is 18.9. The molecule has 1 aliphatic rings. The van der Waals surface area contributed by atoms with Gasteiger partial charge in [-0.15, -0.1) is 0 Å². The Labute approximate surface area is 113 Å². The fourth-order valence-corrected chi connectivity index (χ4v) is 2.29. The first-order chi connectivity index (χ1) is 9.08. The molecule has 0 bridgehead atoms. The molecule has 2 heterocycles. The topological polar surface area (TPSA) is 63.9 Å². The smallest absolute Gasteiger partial charge is 0.111 e. The second-order valence-electron chi connectivity index (χ2n) is 5.48. The van der Waals surface area contributed by atoms with Gasteiger partial charge in [0.2, 0.25) is 0 Å². The summed E-state index contributed by atoms with van der Waals surface area (Å²) in [5.41, 5.74) is 9.32. The number of benzene rings is 1. The van der Waals surface area contributed by atoms with E-state index in [1.165, 1.54) is 5.56 Å². The summed E-state index contributed by atoms with van der Waals surface area (Å²) in [6, 6.07) is 8.36. The highest BCUT2D eigenvalue weighted by Gasteiger charge is 2.41. The molecule has 1 aliphatic heterocycles. The van der Waals surface area contributed by atoms with Crippen molar-refractivity contribution in [1.82, 2.24) is 9.97 Å². The monoisotopic (exact) mass is 257 g/mol. The number of imidazole rings is 1. The summed E-state index contributed by atoms with van der Waals surface area (Å²) in [5, 5.41) is 0. The Morgan fingerprint density at radius 1 is 1.32 bits per heavy atom. The van der Waals surface area contributed by atoms with Gasteiger partial charge >= 0.3 is 0 Å². The molecule has 0 spiro atoms. The quantitative estimate of drug-likeness (QED) is 0.886. The Bertz CT molecular complexity index is 569. The molecule has 0 saturated carbocycles. The number of nitrogens with one attached hydrogen (secondary N) is 1. The number of H-pyrrole nitrogens is 1. The number of rotatable bonds is 3. The van der Waals surface area contributed by atoms with E-state index in [0.717, 1.165) is 17.1 Å². The van der Waals surface area contributed by atoms with Crippen LogP contribution in [0.1, 0.15) is 24.2 Å². The van der Waals surface area contributed by atoms with Crippen molar-refractivity contribution in [3.05, 3.63) is 41.9 Å². The Hall–Kier alpha value is -1.65. The highest BCUT2D eigenvalue weighted by molar-refractivity contribution is 5.58. The molecule has 1 aromatic carbocycles. The van der Waals surface area contributed by atoms with Crippen LogP contribution in [0, 0.1) is 6.92 Å². The van der Waals surface area contributed by atoms with Crippen molar-refractivity contribution in [3.63, 3.8) is 0 Å². The third-order valence-corrected chi connectivity index (χ3v) is 3.96. The van der Waals surface area contributed by atoms with Crippen molar-refractivity contribution in [2.24, 2.45) is 5.73 Å². The van der Waals surface area contributed by atoms with E-state index in [9.17, 15) is 0 Å². The predicted molar refractivity (Wildman–Crippen MR) is 74.9 cm³/mol. The minimum Gasteiger partial charge on any atom is -0.377 e. The SMILES string of the molecule is Cc1ccc(-c2c[nH]c([C@H](C)C3(N)COC3)n2)cc1. The van der Waals surface area contributed by atoms with Gasteiger partial charge in [-0.05, 0) is 6.92 Å². The summed E-state index contributed by atoms with van der Waals surface area (Å²) in [4.78, 5) is 7.91. The van der Waals surface area contributed by atoms with Crippen LogP contribution in [0.25, 0.3) is 11.3 Å². The van der Waals surface area contributed by atoms with Crippen LogP contribution in [0.4, 0.5) is 0 Å². The Morgan fingerprint density at radius 3 is 2.58 bits per heavy atom. The zero-order valence-electron chi connectivity index (χ0n) is 11.3. The highest BCUT2D eigenvalue weighted by atomic mass is 16.5. The van der Waals surface area contributed by atoms with Crippen molar-refractivity contribution in [3.8, 4) is 11.3 Å². The second kappa shape index (κ2) is 4.47. The van der Waals surface area contributed by atoms with Crippen LogP contribution in [0.15, 0.2) is 30.5 Å². The highest BCUT2D eigenvalue weighted by Crippen LogP contribution is 2.31. The lowest BCUT2D eigenvalue weighted by Gasteiger charge is -2.41. The standard InChI is InChI=1S/C15H19N3O/c1-10-3-5-12(6-4-10)13-7-17-14(18-13)11(2)15(16)8-19-9-15/h3-7,11H,8-9,16H2,1-2H3,(H,17,18)/t11-/m0/s1. The molecule has 19 heavy (non-hydrogen) atoms. The Kier molecular flexibility index (Phi) is 2.92. The number of ether oxygens (including phenoxy) is 1.